The van der Waals surface area contributed by atoms with Crippen molar-refractivity contribution in [1.29, 1.82) is 0 Å². The van der Waals surface area contributed by atoms with Gasteiger partial charge in [0.05, 0.1) is 5.69 Å². The third-order valence-corrected chi connectivity index (χ3v) is 5.57. The average molecular weight is 352 g/mol. The number of halogens is 1. The van der Waals surface area contributed by atoms with Gasteiger partial charge in [-0.2, -0.15) is 0 Å². The Morgan fingerprint density at radius 1 is 1.40 bits per heavy atom. The van der Waals surface area contributed by atoms with E-state index >= 15 is 0 Å². The molecule has 1 aliphatic rings. The number of hydrogen-bond acceptors (Lipinski definition) is 3. The maximum Gasteiger partial charge on any atom is 0.211 e. The molecule has 1 aromatic heterocycles. The summed E-state index contributed by atoms with van der Waals surface area (Å²) in [5.74, 6) is 0. The Balaban J connectivity index is 2.11. The third-order valence-electron chi connectivity index (χ3n) is 4.12. The highest BCUT2D eigenvalue weighted by Crippen LogP contribution is 2.28. The van der Waals surface area contributed by atoms with Gasteiger partial charge in [-0.3, -0.25) is 4.79 Å². The maximum absolute atomic E-state index is 12.8. The van der Waals surface area contributed by atoms with Crippen LogP contribution in [0.4, 0.5) is 5.69 Å². The fraction of sp³-hybridized carbons (Fsp3) is 0.438. The van der Waals surface area contributed by atoms with E-state index in [0.717, 1.165) is 33.2 Å². The summed E-state index contributed by atoms with van der Waals surface area (Å²) in [6.45, 7) is 3.23. The molecule has 1 atom stereocenters. The lowest BCUT2D eigenvalue weighted by atomic mass is 9.99. The van der Waals surface area contributed by atoms with E-state index in [-0.39, 0.29) is 5.43 Å². The summed E-state index contributed by atoms with van der Waals surface area (Å²) < 4.78 is 2.03. The van der Waals surface area contributed by atoms with Crippen LogP contribution in [0.2, 0.25) is 0 Å². The van der Waals surface area contributed by atoms with Gasteiger partial charge in [0, 0.05) is 32.5 Å². The van der Waals surface area contributed by atoms with E-state index in [1.807, 2.05) is 23.6 Å². The normalized spacial score (nSPS) is 19.5. The molecule has 1 aliphatic heterocycles. The van der Waals surface area contributed by atoms with Crippen LogP contribution in [-0.2, 0) is 0 Å². The molecule has 1 aromatic carbocycles. The summed E-state index contributed by atoms with van der Waals surface area (Å²) in [7, 11) is 0. The number of piperidine rings is 1. The van der Waals surface area contributed by atoms with E-state index in [4.69, 9.17) is 0 Å². The lowest BCUT2D eigenvalue weighted by Crippen LogP contribution is -2.41. The van der Waals surface area contributed by atoms with E-state index in [1.165, 1.54) is 19.3 Å². The Labute approximate surface area is 131 Å². The Morgan fingerprint density at radius 2 is 2.25 bits per heavy atom. The van der Waals surface area contributed by atoms with Crippen LogP contribution in [0.5, 0.6) is 0 Å². The van der Waals surface area contributed by atoms with Crippen molar-refractivity contribution >= 4 is 43.0 Å². The van der Waals surface area contributed by atoms with Crippen LogP contribution in [-0.4, -0.2) is 12.6 Å². The van der Waals surface area contributed by atoms with Crippen molar-refractivity contribution in [3.8, 4) is 0 Å². The predicted octanol–water partition coefficient (Wildman–Crippen LogP) is 4.79. The summed E-state index contributed by atoms with van der Waals surface area (Å²) >= 11 is 5.13. The number of hydrogen-bond donors (Lipinski definition) is 0. The lowest BCUT2D eigenvalue weighted by molar-refractivity contribution is 0.449. The van der Waals surface area contributed by atoms with Crippen LogP contribution in [0.25, 0.3) is 10.1 Å². The van der Waals surface area contributed by atoms with Crippen molar-refractivity contribution in [2.24, 2.45) is 0 Å². The molecule has 2 nitrogen and oxygen atoms in total. The Bertz CT molecular complexity index is 682. The van der Waals surface area contributed by atoms with Crippen LogP contribution < -0.4 is 10.3 Å². The molecular weight excluding hydrogens is 334 g/mol. The van der Waals surface area contributed by atoms with Gasteiger partial charge in [-0.1, -0.05) is 22.9 Å². The smallest absolute Gasteiger partial charge is 0.211 e. The minimum Gasteiger partial charge on any atom is -0.365 e. The number of nitrogens with zero attached hydrogens (tertiary/aromatic N) is 1. The minimum atomic E-state index is 0.181. The molecule has 106 valence electrons. The van der Waals surface area contributed by atoms with Crippen molar-refractivity contribution in [2.75, 3.05) is 11.4 Å². The van der Waals surface area contributed by atoms with Gasteiger partial charge in [-0.05, 0) is 43.9 Å². The van der Waals surface area contributed by atoms with E-state index in [2.05, 4.69) is 27.8 Å². The maximum atomic E-state index is 12.8. The second-order valence-corrected chi connectivity index (χ2v) is 7.17. The van der Waals surface area contributed by atoms with Crippen molar-refractivity contribution in [2.45, 2.75) is 38.6 Å². The molecule has 2 aromatic rings. The van der Waals surface area contributed by atoms with E-state index in [9.17, 15) is 4.79 Å². The standard InChI is InChI=1S/C16H18BrNOS/c1-2-12-5-3-4-8-18(12)14-10-20-15-7-6-11(17)9-13(15)16(14)19/h6-7,9-10,12H,2-5,8H2,1H3/t12-/m0/s1. The summed E-state index contributed by atoms with van der Waals surface area (Å²) in [6, 6.07) is 6.48. The predicted molar refractivity (Wildman–Crippen MR) is 91.1 cm³/mol. The molecule has 0 saturated carbocycles. The van der Waals surface area contributed by atoms with Crippen LogP contribution in [0.15, 0.2) is 32.8 Å². The zero-order valence-corrected chi connectivity index (χ0v) is 14.0. The Morgan fingerprint density at radius 3 is 3.05 bits per heavy atom. The second-order valence-electron chi connectivity index (χ2n) is 5.34. The van der Waals surface area contributed by atoms with Gasteiger partial charge < -0.3 is 4.90 Å². The molecule has 0 bridgehead atoms. The Kier molecular flexibility index (Phi) is 4.13. The van der Waals surface area contributed by atoms with Crippen molar-refractivity contribution in [3.05, 3.63) is 38.3 Å². The molecule has 0 radical (unpaired) electrons. The SMILES string of the molecule is CC[C@H]1CCCCN1c1csc2ccc(Br)cc2c1=O. The fourth-order valence-corrected chi connectivity index (χ4v) is 4.30. The molecule has 1 saturated heterocycles. The summed E-state index contributed by atoms with van der Waals surface area (Å²) in [6.07, 6.45) is 4.79. The molecule has 2 heterocycles. The average Bonchev–Trinajstić information content (AvgIpc) is 2.48. The highest BCUT2D eigenvalue weighted by molar-refractivity contribution is 9.10. The molecule has 1 fully saturated rings. The van der Waals surface area contributed by atoms with Crippen molar-refractivity contribution in [1.82, 2.24) is 0 Å². The van der Waals surface area contributed by atoms with Gasteiger partial charge in [-0.15, -0.1) is 11.3 Å². The quantitative estimate of drug-likeness (QED) is 0.774. The van der Waals surface area contributed by atoms with Crippen LogP contribution in [0.3, 0.4) is 0 Å². The molecule has 0 unspecified atom stereocenters. The van der Waals surface area contributed by atoms with Gasteiger partial charge in [0.2, 0.25) is 5.43 Å². The van der Waals surface area contributed by atoms with Gasteiger partial charge in [-0.25, -0.2) is 0 Å². The lowest BCUT2D eigenvalue weighted by Gasteiger charge is -2.36. The number of rotatable bonds is 2. The van der Waals surface area contributed by atoms with Crippen LogP contribution >= 0.6 is 27.3 Å². The Hall–Kier alpha value is -0.870. The zero-order chi connectivity index (χ0) is 14.1. The van der Waals surface area contributed by atoms with Crippen molar-refractivity contribution in [3.63, 3.8) is 0 Å². The largest absolute Gasteiger partial charge is 0.365 e. The van der Waals surface area contributed by atoms with E-state index in [0.29, 0.717) is 6.04 Å². The minimum absolute atomic E-state index is 0.181. The number of anilines is 1. The van der Waals surface area contributed by atoms with Gasteiger partial charge in [0.1, 0.15) is 0 Å². The molecule has 0 spiro atoms. The van der Waals surface area contributed by atoms with E-state index < -0.39 is 0 Å². The first-order valence-corrected chi connectivity index (χ1v) is 8.85. The zero-order valence-electron chi connectivity index (χ0n) is 11.6. The molecule has 0 amide bonds. The third kappa shape index (κ3) is 2.51. The first-order valence-electron chi connectivity index (χ1n) is 7.18. The number of benzene rings is 1. The highest BCUT2D eigenvalue weighted by atomic mass is 79.9. The first kappa shape index (κ1) is 14.1. The molecule has 0 aliphatic carbocycles. The van der Waals surface area contributed by atoms with E-state index in [1.54, 1.807) is 11.3 Å². The number of fused-ring (bicyclic) bond motifs is 1. The molecular formula is C16H18BrNOS. The topological polar surface area (TPSA) is 20.3 Å². The van der Waals surface area contributed by atoms with Gasteiger partial charge >= 0.3 is 0 Å². The summed E-state index contributed by atoms with van der Waals surface area (Å²) in [5.41, 5.74) is 1.08. The van der Waals surface area contributed by atoms with Crippen LogP contribution in [0, 0.1) is 0 Å². The molecule has 0 N–H and O–H groups in total. The molecule has 3 rings (SSSR count). The highest BCUT2D eigenvalue weighted by Gasteiger charge is 2.23. The summed E-state index contributed by atoms with van der Waals surface area (Å²) in [4.78, 5) is 15.1. The second kappa shape index (κ2) is 5.86. The monoisotopic (exact) mass is 351 g/mol. The first-order chi connectivity index (χ1) is 9.70. The van der Waals surface area contributed by atoms with Gasteiger partial charge in [0.25, 0.3) is 0 Å². The van der Waals surface area contributed by atoms with Gasteiger partial charge in [0.15, 0.2) is 0 Å². The van der Waals surface area contributed by atoms with Crippen molar-refractivity contribution < 1.29 is 0 Å². The molecule has 4 heteroatoms. The van der Waals surface area contributed by atoms with Crippen LogP contribution in [0.1, 0.15) is 32.6 Å². The summed E-state index contributed by atoms with van der Waals surface area (Å²) in [5, 5.41) is 2.88. The molecule has 20 heavy (non-hydrogen) atoms. The fourth-order valence-electron chi connectivity index (χ4n) is 3.03.